The van der Waals surface area contributed by atoms with Crippen molar-refractivity contribution >= 4 is 0 Å². The average molecular weight is 299 g/mol. The lowest BCUT2D eigenvalue weighted by Gasteiger charge is -2.48. The summed E-state index contributed by atoms with van der Waals surface area (Å²) in [6, 6.07) is 4.44. The highest BCUT2D eigenvalue weighted by atomic mass is 16.7. The van der Waals surface area contributed by atoms with Crippen LogP contribution in [0.3, 0.4) is 0 Å². The summed E-state index contributed by atoms with van der Waals surface area (Å²) in [5.74, 6) is 1.81. The first kappa shape index (κ1) is 13.0. The molecule has 2 atom stereocenters. The van der Waals surface area contributed by atoms with Crippen molar-refractivity contribution in [3.05, 3.63) is 34.9 Å². The van der Waals surface area contributed by atoms with Crippen LogP contribution in [0.2, 0.25) is 0 Å². The lowest BCUT2D eigenvalue weighted by atomic mass is 9.71. The molecule has 3 heterocycles. The monoisotopic (exact) mass is 299 g/mol. The molecule has 0 bridgehead atoms. The Morgan fingerprint density at radius 1 is 1.18 bits per heavy atom. The first-order valence-corrected chi connectivity index (χ1v) is 8.21. The number of nitrogens with zero attached hydrogens (tertiary/aromatic N) is 1. The summed E-state index contributed by atoms with van der Waals surface area (Å²) in [7, 11) is 1.84. The normalized spacial score (nSPS) is 32.2. The molecule has 1 spiro atoms. The maximum absolute atomic E-state index is 5.72. The van der Waals surface area contributed by atoms with E-state index in [4.69, 9.17) is 14.2 Å². The molecule has 116 valence electrons. The Bertz CT molecular complexity index is 669. The summed E-state index contributed by atoms with van der Waals surface area (Å²) in [4.78, 5) is 2.66. The zero-order valence-corrected chi connectivity index (χ0v) is 12.9. The summed E-state index contributed by atoms with van der Waals surface area (Å²) >= 11 is 0. The minimum absolute atomic E-state index is 0.0352. The molecule has 4 heteroatoms. The second-order valence-corrected chi connectivity index (χ2v) is 6.74. The van der Waals surface area contributed by atoms with Gasteiger partial charge >= 0.3 is 0 Å². The first-order valence-electron chi connectivity index (χ1n) is 8.21. The Morgan fingerprint density at radius 3 is 2.86 bits per heavy atom. The number of benzene rings is 1. The van der Waals surface area contributed by atoms with Crippen molar-refractivity contribution < 1.29 is 14.2 Å². The van der Waals surface area contributed by atoms with Crippen molar-refractivity contribution in [3.63, 3.8) is 0 Å². The van der Waals surface area contributed by atoms with Gasteiger partial charge in [0.05, 0.1) is 11.6 Å². The molecule has 22 heavy (non-hydrogen) atoms. The van der Waals surface area contributed by atoms with Crippen LogP contribution in [-0.2, 0) is 16.7 Å². The van der Waals surface area contributed by atoms with Crippen LogP contribution in [0.25, 0.3) is 0 Å². The molecule has 0 saturated carbocycles. The zero-order chi connectivity index (χ0) is 14.7. The van der Waals surface area contributed by atoms with Crippen LogP contribution in [0.5, 0.6) is 11.5 Å². The van der Waals surface area contributed by atoms with Gasteiger partial charge in [0, 0.05) is 26.6 Å². The Labute approximate surface area is 130 Å². The van der Waals surface area contributed by atoms with E-state index in [1.54, 1.807) is 5.57 Å². The van der Waals surface area contributed by atoms with Crippen molar-refractivity contribution in [1.82, 2.24) is 4.90 Å². The molecule has 0 amide bonds. The van der Waals surface area contributed by atoms with E-state index < -0.39 is 0 Å². The lowest BCUT2D eigenvalue weighted by molar-refractivity contribution is 0.0290. The van der Waals surface area contributed by atoms with Crippen LogP contribution in [-0.4, -0.2) is 38.0 Å². The quantitative estimate of drug-likeness (QED) is 0.746. The van der Waals surface area contributed by atoms with Gasteiger partial charge in [-0.15, -0.1) is 0 Å². The molecule has 1 aromatic carbocycles. The highest BCUT2D eigenvalue weighted by Gasteiger charge is 2.52. The first-order chi connectivity index (χ1) is 10.8. The number of hydrogen-bond donors (Lipinski definition) is 0. The largest absolute Gasteiger partial charge is 0.454 e. The van der Waals surface area contributed by atoms with Crippen LogP contribution >= 0.6 is 0 Å². The second kappa shape index (κ2) is 4.49. The van der Waals surface area contributed by atoms with Crippen molar-refractivity contribution in [2.75, 3.05) is 27.0 Å². The third-order valence-corrected chi connectivity index (χ3v) is 5.90. The zero-order valence-electron chi connectivity index (χ0n) is 12.9. The van der Waals surface area contributed by atoms with Crippen molar-refractivity contribution in [2.24, 2.45) is 0 Å². The molecule has 1 saturated heterocycles. The molecular formula is C18H21NO3. The second-order valence-electron chi connectivity index (χ2n) is 6.74. The number of methoxy groups -OCH3 is 1. The van der Waals surface area contributed by atoms with E-state index in [1.165, 1.54) is 17.5 Å². The van der Waals surface area contributed by atoms with Crippen molar-refractivity contribution in [2.45, 2.75) is 37.3 Å². The van der Waals surface area contributed by atoms with Crippen LogP contribution in [0.15, 0.2) is 23.8 Å². The molecule has 3 aliphatic heterocycles. The SMILES string of the molecule is CO[C@H]1CC=C2CCN3CCc4cc5c(cc4C23C1)OCO5. The molecule has 0 aromatic heterocycles. The van der Waals surface area contributed by atoms with Crippen LogP contribution < -0.4 is 9.47 Å². The van der Waals surface area contributed by atoms with E-state index in [1.807, 2.05) is 7.11 Å². The van der Waals surface area contributed by atoms with E-state index >= 15 is 0 Å². The minimum Gasteiger partial charge on any atom is -0.454 e. The highest BCUT2D eigenvalue weighted by Crippen LogP contribution is 2.54. The summed E-state index contributed by atoms with van der Waals surface area (Å²) in [6.07, 6.45) is 7.12. The predicted molar refractivity (Wildman–Crippen MR) is 82.3 cm³/mol. The fourth-order valence-electron chi connectivity index (χ4n) is 4.84. The van der Waals surface area contributed by atoms with Gasteiger partial charge in [-0.1, -0.05) is 6.08 Å². The molecular weight excluding hydrogens is 278 g/mol. The molecule has 1 unspecified atom stereocenters. The maximum Gasteiger partial charge on any atom is 0.231 e. The molecule has 1 fully saturated rings. The van der Waals surface area contributed by atoms with Crippen LogP contribution in [0, 0.1) is 0 Å². The summed E-state index contributed by atoms with van der Waals surface area (Å²) in [5, 5.41) is 0. The van der Waals surface area contributed by atoms with Gasteiger partial charge in [0.15, 0.2) is 11.5 Å². The van der Waals surface area contributed by atoms with Gasteiger partial charge in [-0.25, -0.2) is 0 Å². The molecule has 1 aliphatic carbocycles. The number of rotatable bonds is 1. The van der Waals surface area contributed by atoms with Gasteiger partial charge in [-0.05, 0) is 48.1 Å². The van der Waals surface area contributed by atoms with Crippen LogP contribution in [0.1, 0.15) is 30.4 Å². The summed E-state index contributed by atoms with van der Waals surface area (Å²) in [6.45, 7) is 2.63. The van der Waals surface area contributed by atoms with Gasteiger partial charge in [-0.2, -0.15) is 0 Å². The van der Waals surface area contributed by atoms with Crippen molar-refractivity contribution in [3.8, 4) is 11.5 Å². The summed E-state index contributed by atoms with van der Waals surface area (Å²) < 4.78 is 17.0. The molecule has 5 rings (SSSR count). The molecule has 4 nitrogen and oxygen atoms in total. The molecule has 1 aromatic rings. The third kappa shape index (κ3) is 1.54. The van der Waals surface area contributed by atoms with Gasteiger partial charge < -0.3 is 14.2 Å². The number of ether oxygens (including phenoxy) is 3. The lowest BCUT2D eigenvalue weighted by Crippen LogP contribution is -2.50. The van der Waals surface area contributed by atoms with E-state index in [-0.39, 0.29) is 5.54 Å². The van der Waals surface area contributed by atoms with Crippen molar-refractivity contribution in [1.29, 1.82) is 0 Å². The predicted octanol–water partition coefficient (Wildman–Crippen LogP) is 2.61. The van der Waals surface area contributed by atoms with Gasteiger partial charge in [-0.3, -0.25) is 4.90 Å². The van der Waals surface area contributed by atoms with E-state index in [2.05, 4.69) is 23.1 Å². The Hall–Kier alpha value is -1.52. The Kier molecular flexibility index (Phi) is 2.65. The Morgan fingerprint density at radius 2 is 2.00 bits per heavy atom. The number of fused-ring (bicyclic) bond motifs is 2. The smallest absolute Gasteiger partial charge is 0.231 e. The maximum atomic E-state index is 5.72. The van der Waals surface area contributed by atoms with Gasteiger partial charge in [0.2, 0.25) is 6.79 Å². The number of hydrogen-bond acceptors (Lipinski definition) is 4. The fraction of sp³-hybridized carbons (Fsp3) is 0.556. The minimum atomic E-state index is 0.0352. The average Bonchev–Trinajstić information content (AvgIpc) is 3.16. The van der Waals surface area contributed by atoms with Crippen LogP contribution in [0.4, 0.5) is 0 Å². The molecule has 4 aliphatic rings. The van der Waals surface area contributed by atoms with E-state index in [9.17, 15) is 0 Å². The highest BCUT2D eigenvalue weighted by molar-refractivity contribution is 5.56. The Balaban J connectivity index is 1.71. The topological polar surface area (TPSA) is 30.9 Å². The van der Waals surface area contributed by atoms with E-state index in [0.717, 1.165) is 43.9 Å². The van der Waals surface area contributed by atoms with Gasteiger partial charge in [0.1, 0.15) is 0 Å². The van der Waals surface area contributed by atoms with Gasteiger partial charge in [0.25, 0.3) is 0 Å². The molecule has 0 N–H and O–H groups in total. The van der Waals surface area contributed by atoms with E-state index in [0.29, 0.717) is 12.9 Å². The fourth-order valence-corrected chi connectivity index (χ4v) is 4.84. The summed E-state index contributed by atoms with van der Waals surface area (Å²) in [5.41, 5.74) is 4.46. The standard InChI is InChI=1S/C18H21NO3/c1-20-14-3-2-13-5-7-19-6-4-12-8-16-17(22-11-21-16)9-15(12)18(13,19)10-14/h2,8-9,14H,3-7,10-11H2,1H3/t14-,18?/m0/s1. The molecule has 0 radical (unpaired) electrons. The third-order valence-electron chi connectivity index (χ3n) is 5.90.